The van der Waals surface area contributed by atoms with Crippen molar-refractivity contribution in [3.8, 4) is 16.3 Å². The second-order valence-corrected chi connectivity index (χ2v) is 6.36. The number of para-hydroxylation sites is 1. The van der Waals surface area contributed by atoms with Gasteiger partial charge >= 0.3 is 0 Å². The number of rotatable bonds is 6. The molecule has 0 spiro atoms. The molecule has 0 radical (unpaired) electrons. The van der Waals surface area contributed by atoms with Crippen LogP contribution in [0.3, 0.4) is 0 Å². The van der Waals surface area contributed by atoms with Crippen molar-refractivity contribution in [2.75, 3.05) is 20.3 Å². The first-order valence-corrected chi connectivity index (χ1v) is 8.62. The number of nitrogens with one attached hydrogen (secondary N) is 1. The average Bonchev–Trinajstić information content (AvgIpc) is 3.25. The molecule has 1 N–H and O–H groups in total. The molecule has 0 aliphatic carbocycles. The lowest BCUT2D eigenvalue weighted by Gasteiger charge is -2.09. The van der Waals surface area contributed by atoms with Crippen LogP contribution in [0, 0.1) is 0 Å². The highest BCUT2D eigenvalue weighted by molar-refractivity contribution is 7.13. The van der Waals surface area contributed by atoms with Gasteiger partial charge < -0.3 is 10.1 Å². The van der Waals surface area contributed by atoms with E-state index < -0.39 is 0 Å². The minimum absolute atomic E-state index is 0.220. The van der Waals surface area contributed by atoms with Gasteiger partial charge in [0.1, 0.15) is 11.4 Å². The van der Waals surface area contributed by atoms with Crippen molar-refractivity contribution < 1.29 is 9.53 Å². The van der Waals surface area contributed by atoms with Gasteiger partial charge in [0.15, 0.2) is 0 Å². The molecule has 2 heterocycles. The highest BCUT2D eigenvalue weighted by Gasteiger charge is 2.19. The number of thiophene rings is 1. The lowest BCUT2D eigenvalue weighted by molar-refractivity contribution is 0.0929. The number of hydrogen-bond acceptors (Lipinski definition) is 4. The maximum Gasteiger partial charge on any atom is 0.270 e. The van der Waals surface area contributed by atoms with Crippen LogP contribution in [0.15, 0.2) is 47.8 Å². The van der Waals surface area contributed by atoms with Gasteiger partial charge in [-0.15, -0.1) is 11.3 Å². The summed E-state index contributed by atoms with van der Waals surface area (Å²) in [6.45, 7) is 0.876. The van der Waals surface area contributed by atoms with Gasteiger partial charge in [-0.25, -0.2) is 4.68 Å². The Kier molecular flexibility index (Phi) is 5.30. The van der Waals surface area contributed by atoms with Gasteiger partial charge in [-0.1, -0.05) is 29.8 Å². The van der Waals surface area contributed by atoms with Crippen LogP contribution >= 0.6 is 22.9 Å². The predicted octanol–water partition coefficient (Wildman–Crippen LogP) is 3.63. The van der Waals surface area contributed by atoms with E-state index in [1.54, 1.807) is 35.3 Å². The number of benzene rings is 1. The lowest BCUT2D eigenvalue weighted by Crippen LogP contribution is -2.28. The summed E-state index contributed by atoms with van der Waals surface area (Å²) in [5.41, 5.74) is 1.84. The van der Waals surface area contributed by atoms with Gasteiger partial charge in [0, 0.05) is 13.7 Å². The van der Waals surface area contributed by atoms with Crippen LogP contribution in [-0.2, 0) is 4.74 Å². The molecule has 0 unspecified atom stereocenters. The Balaban J connectivity index is 2.02. The number of ether oxygens (including phenoxy) is 1. The fraction of sp³-hybridized carbons (Fsp3) is 0.176. The Hall–Kier alpha value is -2.15. The molecule has 7 heteroatoms. The number of methoxy groups -OCH3 is 1. The van der Waals surface area contributed by atoms with Crippen LogP contribution in [-0.4, -0.2) is 35.9 Å². The minimum Gasteiger partial charge on any atom is -0.383 e. The summed E-state index contributed by atoms with van der Waals surface area (Å²) in [7, 11) is 1.59. The number of halogens is 1. The van der Waals surface area contributed by atoms with E-state index in [1.807, 2.05) is 35.7 Å². The fourth-order valence-electron chi connectivity index (χ4n) is 2.25. The molecule has 124 valence electrons. The largest absolute Gasteiger partial charge is 0.383 e. The van der Waals surface area contributed by atoms with E-state index in [-0.39, 0.29) is 5.91 Å². The van der Waals surface area contributed by atoms with Crippen LogP contribution < -0.4 is 5.32 Å². The van der Waals surface area contributed by atoms with Crippen LogP contribution in [0.4, 0.5) is 0 Å². The molecule has 2 aromatic heterocycles. The van der Waals surface area contributed by atoms with Crippen molar-refractivity contribution in [1.29, 1.82) is 0 Å². The topological polar surface area (TPSA) is 56.1 Å². The molecule has 0 aliphatic rings. The number of nitrogens with zero attached hydrogens (tertiary/aromatic N) is 2. The smallest absolute Gasteiger partial charge is 0.270 e. The first-order valence-electron chi connectivity index (χ1n) is 7.36. The molecular formula is C17H16ClN3O2S. The number of carbonyl (C=O) groups is 1. The number of aromatic nitrogens is 2. The molecule has 0 aliphatic heterocycles. The average molecular weight is 362 g/mol. The second kappa shape index (κ2) is 7.61. The van der Waals surface area contributed by atoms with Gasteiger partial charge in [0.25, 0.3) is 5.91 Å². The zero-order valence-electron chi connectivity index (χ0n) is 13.0. The Labute approximate surface area is 148 Å². The van der Waals surface area contributed by atoms with Gasteiger partial charge in [0.05, 0.1) is 22.2 Å². The van der Waals surface area contributed by atoms with E-state index in [0.717, 1.165) is 10.6 Å². The van der Waals surface area contributed by atoms with Gasteiger partial charge in [-0.2, -0.15) is 5.10 Å². The molecular weight excluding hydrogens is 346 g/mol. The maximum absolute atomic E-state index is 12.5. The Morgan fingerprint density at radius 3 is 2.88 bits per heavy atom. The van der Waals surface area contributed by atoms with Crippen LogP contribution in [0.2, 0.25) is 5.02 Å². The van der Waals surface area contributed by atoms with Crippen molar-refractivity contribution in [2.24, 2.45) is 0 Å². The van der Waals surface area contributed by atoms with Gasteiger partial charge in [0.2, 0.25) is 0 Å². The van der Waals surface area contributed by atoms with Crippen molar-refractivity contribution in [3.05, 3.63) is 58.6 Å². The van der Waals surface area contributed by atoms with E-state index in [0.29, 0.717) is 29.6 Å². The summed E-state index contributed by atoms with van der Waals surface area (Å²) in [4.78, 5) is 13.5. The van der Waals surface area contributed by atoms with Crippen molar-refractivity contribution in [2.45, 2.75) is 0 Å². The predicted molar refractivity (Wildman–Crippen MR) is 96.1 cm³/mol. The number of carbonyl (C=O) groups excluding carboxylic acids is 1. The molecule has 1 amide bonds. The summed E-state index contributed by atoms with van der Waals surface area (Å²) in [6.07, 6.45) is 0. The Morgan fingerprint density at radius 1 is 1.33 bits per heavy atom. The monoisotopic (exact) mass is 361 g/mol. The van der Waals surface area contributed by atoms with E-state index in [1.165, 1.54) is 0 Å². The molecule has 3 rings (SSSR count). The van der Waals surface area contributed by atoms with E-state index in [9.17, 15) is 4.79 Å². The van der Waals surface area contributed by atoms with Gasteiger partial charge in [-0.3, -0.25) is 4.79 Å². The molecule has 3 aromatic rings. The third-order valence-corrected chi connectivity index (χ3v) is 4.60. The molecule has 0 saturated heterocycles. The van der Waals surface area contributed by atoms with Crippen LogP contribution in [0.25, 0.3) is 16.3 Å². The lowest BCUT2D eigenvalue weighted by atomic mass is 10.3. The Morgan fingerprint density at radius 2 is 2.17 bits per heavy atom. The third-order valence-electron chi connectivity index (χ3n) is 3.39. The highest BCUT2D eigenvalue weighted by Crippen LogP contribution is 2.28. The molecule has 1 aromatic carbocycles. The van der Waals surface area contributed by atoms with Crippen LogP contribution in [0.1, 0.15) is 10.5 Å². The standard InChI is InChI=1S/C17H16ClN3O2S/c1-23-9-8-19-17(22)15-11-13(16-7-4-10-24-16)20-21(15)14-6-3-2-5-12(14)18/h2-7,10-11H,8-9H2,1H3,(H,19,22). The van der Waals surface area contributed by atoms with E-state index in [4.69, 9.17) is 16.3 Å². The first-order chi connectivity index (χ1) is 11.7. The normalized spacial score (nSPS) is 10.8. The molecule has 5 nitrogen and oxygen atoms in total. The zero-order valence-corrected chi connectivity index (χ0v) is 14.6. The molecule has 0 saturated carbocycles. The molecule has 0 bridgehead atoms. The maximum atomic E-state index is 12.5. The zero-order chi connectivity index (χ0) is 16.9. The summed E-state index contributed by atoms with van der Waals surface area (Å²) < 4.78 is 6.55. The third kappa shape index (κ3) is 3.51. The fourth-order valence-corrected chi connectivity index (χ4v) is 3.15. The molecule has 24 heavy (non-hydrogen) atoms. The summed E-state index contributed by atoms with van der Waals surface area (Å²) in [6, 6.07) is 13.0. The van der Waals surface area contributed by atoms with Crippen molar-refractivity contribution >= 4 is 28.8 Å². The highest BCUT2D eigenvalue weighted by atomic mass is 35.5. The second-order valence-electron chi connectivity index (χ2n) is 5.00. The SMILES string of the molecule is COCCNC(=O)c1cc(-c2cccs2)nn1-c1ccccc1Cl. The summed E-state index contributed by atoms with van der Waals surface area (Å²) in [5.74, 6) is -0.220. The van der Waals surface area contributed by atoms with Crippen molar-refractivity contribution in [1.82, 2.24) is 15.1 Å². The minimum atomic E-state index is -0.220. The molecule has 0 fully saturated rings. The molecule has 0 atom stereocenters. The first kappa shape index (κ1) is 16.7. The van der Waals surface area contributed by atoms with Crippen LogP contribution in [0.5, 0.6) is 0 Å². The van der Waals surface area contributed by atoms with Crippen molar-refractivity contribution in [3.63, 3.8) is 0 Å². The van der Waals surface area contributed by atoms with E-state index >= 15 is 0 Å². The number of amides is 1. The number of hydrogen-bond donors (Lipinski definition) is 1. The summed E-state index contributed by atoms with van der Waals surface area (Å²) in [5, 5.41) is 9.91. The van der Waals surface area contributed by atoms with Gasteiger partial charge in [-0.05, 0) is 29.6 Å². The van der Waals surface area contributed by atoms with E-state index in [2.05, 4.69) is 10.4 Å². The summed E-state index contributed by atoms with van der Waals surface area (Å²) >= 11 is 7.86. The Bertz CT molecular complexity index is 830. The quantitative estimate of drug-likeness (QED) is 0.682.